The van der Waals surface area contributed by atoms with Crippen LogP contribution in [0.15, 0.2) is 6.07 Å². The molecular weight excluding hydrogens is 226 g/mol. The van der Waals surface area contributed by atoms with Crippen molar-refractivity contribution in [1.29, 1.82) is 0 Å². The zero-order valence-electron chi connectivity index (χ0n) is 12.0. The van der Waals surface area contributed by atoms with Gasteiger partial charge in [0.25, 0.3) is 5.91 Å². The first-order valence-electron chi connectivity index (χ1n) is 6.63. The number of aryl methyl sites for hydroxylation is 1. The van der Waals surface area contributed by atoms with Crippen LogP contribution in [0.4, 0.5) is 0 Å². The molecule has 0 N–H and O–H groups in total. The van der Waals surface area contributed by atoms with Gasteiger partial charge in [-0.05, 0) is 18.4 Å². The number of hydrogen-bond donors (Lipinski definition) is 0. The molecule has 0 aliphatic carbocycles. The normalized spacial score (nSPS) is 20.5. The van der Waals surface area contributed by atoms with Crippen molar-refractivity contribution >= 4 is 5.91 Å². The molecule has 2 rings (SSSR count). The lowest BCUT2D eigenvalue weighted by Gasteiger charge is -2.15. The molecule has 1 saturated heterocycles. The molecule has 1 aliphatic rings. The Kier molecular flexibility index (Phi) is 3.21. The van der Waals surface area contributed by atoms with Crippen molar-refractivity contribution in [3.8, 4) is 0 Å². The van der Waals surface area contributed by atoms with E-state index >= 15 is 0 Å². The van der Waals surface area contributed by atoms with E-state index in [4.69, 9.17) is 0 Å². The lowest BCUT2D eigenvalue weighted by atomic mass is 9.92. The summed E-state index contributed by atoms with van der Waals surface area (Å²) in [4.78, 5) is 14.4. The van der Waals surface area contributed by atoms with Gasteiger partial charge in [0.1, 0.15) is 5.69 Å². The van der Waals surface area contributed by atoms with Gasteiger partial charge in [-0.2, -0.15) is 5.10 Å². The number of rotatable bonds is 1. The SMILES string of the molecule is C[C@H]1CCN(C(=O)c2cc(C(C)(C)C)nn2C)C1. The van der Waals surface area contributed by atoms with Crippen LogP contribution in [0.5, 0.6) is 0 Å². The monoisotopic (exact) mass is 249 g/mol. The van der Waals surface area contributed by atoms with Crippen molar-refractivity contribution in [2.45, 2.75) is 39.5 Å². The van der Waals surface area contributed by atoms with Gasteiger partial charge >= 0.3 is 0 Å². The Hall–Kier alpha value is -1.32. The van der Waals surface area contributed by atoms with E-state index in [0.29, 0.717) is 11.6 Å². The summed E-state index contributed by atoms with van der Waals surface area (Å²) in [5, 5.41) is 4.46. The molecule has 1 aromatic rings. The zero-order chi connectivity index (χ0) is 13.5. The smallest absolute Gasteiger partial charge is 0.272 e. The minimum Gasteiger partial charge on any atom is -0.337 e. The van der Waals surface area contributed by atoms with Crippen molar-refractivity contribution in [2.75, 3.05) is 13.1 Å². The van der Waals surface area contributed by atoms with Gasteiger partial charge in [-0.15, -0.1) is 0 Å². The number of nitrogens with zero attached hydrogens (tertiary/aromatic N) is 3. The summed E-state index contributed by atoms with van der Waals surface area (Å²) in [6.45, 7) is 10.3. The van der Waals surface area contributed by atoms with E-state index in [1.165, 1.54) is 0 Å². The Morgan fingerprint density at radius 3 is 2.56 bits per heavy atom. The summed E-state index contributed by atoms with van der Waals surface area (Å²) in [7, 11) is 1.85. The summed E-state index contributed by atoms with van der Waals surface area (Å²) in [5.74, 6) is 0.731. The molecule has 0 saturated carbocycles. The summed E-state index contributed by atoms with van der Waals surface area (Å²) >= 11 is 0. The largest absolute Gasteiger partial charge is 0.337 e. The third kappa shape index (κ3) is 2.42. The van der Waals surface area contributed by atoms with E-state index in [1.54, 1.807) is 4.68 Å². The maximum absolute atomic E-state index is 12.4. The fraction of sp³-hybridized carbons (Fsp3) is 0.714. The number of likely N-dealkylation sites (tertiary alicyclic amines) is 1. The topological polar surface area (TPSA) is 38.1 Å². The Bertz CT molecular complexity index is 456. The second-order valence-electron chi connectivity index (χ2n) is 6.43. The first kappa shape index (κ1) is 13.1. The van der Waals surface area contributed by atoms with Crippen molar-refractivity contribution in [1.82, 2.24) is 14.7 Å². The fourth-order valence-electron chi connectivity index (χ4n) is 2.32. The van der Waals surface area contributed by atoms with Crippen LogP contribution < -0.4 is 0 Å². The maximum Gasteiger partial charge on any atom is 0.272 e. The predicted octanol–water partition coefficient (Wildman–Crippen LogP) is 2.20. The molecule has 4 heteroatoms. The molecule has 1 amide bonds. The highest BCUT2D eigenvalue weighted by atomic mass is 16.2. The Morgan fingerprint density at radius 2 is 2.11 bits per heavy atom. The van der Waals surface area contributed by atoms with Gasteiger partial charge < -0.3 is 4.90 Å². The van der Waals surface area contributed by atoms with Crippen LogP contribution in [0.1, 0.15) is 50.3 Å². The minimum atomic E-state index is -0.0193. The average Bonchev–Trinajstić information content (AvgIpc) is 2.83. The summed E-state index contributed by atoms with van der Waals surface area (Å²) in [6.07, 6.45) is 1.11. The molecule has 18 heavy (non-hydrogen) atoms. The van der Waals surface area contributed by atoms with Gasteiger partial charge in [0.05, 0.1) is 5.69 Å². The molecule has 4 nitrogen and oxygen atoms in total. The van der Waals surface area contributed by atoms with Gasteiger partial charge in [-0.3, -0.25) is 9.48 Å². The van der Waals surface area contributed by atoms with Crippen LogP contribution in [0.3, 0.4) is 0 Å². The van der Waals surface area contributed by atoms with E-state index in [1.807, 2.05) is 18.0 Å². The highest BCUT2D eigenvalue weighted by molar-refractivity contribution is 5.93. The molecule has 1 aliphatic heterocycles. The van der Waals surface area contributed by atoms with Crippen molar-refractivity contribution < 1.29 is 4.79 Å². The molecule has 1 atom stereocenters. The van der Waals surface area contributed by atoms with Gasteiger partial charge in [0.2, 0.25) is 0 Å². The molecule has 0 spiro atoms. The minimum absolute atomic E-state index is 0.0193. The quantitative estimate of drug-likeness (QED) is 0.765. The third-order valence-corrected chi connectivity index (χ3v) is 3.58. The first-order valence-corrected chi connectivity index (χ1v) is 6.63. The third-order valence-electron chi connectivity index (χ3n) is 3.58. The molecule has 1 fully saturated rings. The van der Waals surface area contributed by atoms with Crippen molar-refractivity contribution in [3.05, 3.63) is 17.5 Å². The Labute approximate surface area is 109 Å². The molecular formula is C14H23N3O. The van der Waals surface area contributed by atoms with Crippen LogP contribution >= 0.6 is 0 Å². The van der Waals surface area contributed by atoms with Crippen molar-refractivity contribution in [3.63, 3.8) is 0 Å². The summed E-state index contributed by atoms with van der Waals surface area (Å²) < 4.78 is 1.71. The molecule has 0 bridgehead atoms. The number of carbonyl (C=O) groups excluding carboxylic acids is 1. The molecule has 1 aromatic heterocycles. The summed E-state index contributed by atoms with van der Waals surface area (Å²) in [5.41, 5.74) is 1.66. The van der Waals surface area contributed by atoms with Crippen LogP contribution in [0, 0.1) is 5.92 Å². The van der Waals surface area contributed by atoms with Gasteiger partial charge in [0, 0.05) is 25.6 Å². The number of hydrogen-bond acceptors (Lipinski definition) is 2. The van der Waals surface area contributed by atoms with Crippen LogP contribution in [0.2, 0.25) is 0 Å². The average molecular weight is 249 g/mol. The molecule has 2 heterocycles. The number of amides is 1. The van der Waals surface area contributed by atoms with Crippen molar-refractivity contribution in [2.24, 2.45) is 13.0 Å². The van der Waals surface area contributed by atoms with E-state index in [-0.39, 0.29) is 11.3 Å². The van der Waals surface area contributed by atoms with E-state index in [2.05, 4.69) is 32.8 Å². The highest BCUT2D eigenvalue weighted by Crippen LogP contribution is 2.23. The number of aromatic nitrogens is 2. The van der Waals surface area contributed by atoms with Gasteiger partial charge in [-0.25, -0.2) is 0 Å². The van der Waals surface area contributed by atoms with Crippen LogP contribution in [0.25, 0.3) is 0 Å². The van der Waals surface area contributed by atoms with E-state index in [0.717, 1.165) is 25.2 Å². The van der Waals surface area contributed by atoms with Gasteiger partial charge in [0.15, 0.2) is 0 Å². The lowest BCUT2D eigenvalue weighted by molar-refractivity contribution is 0.0777. The molecule has 0 unspecified atom stereocenters. The number of carbonyl (C=O) groups is 1. The van der Waals surface area contributed by atoms with E-state index in [9.17, 15) is 4.79 Å². The lowest BCUT2D eigenvalue weighted by Crippen LogP contribution is -2.30. The Balaban J connectivity index is 2.23. The second-order valence-corrected chi connectivity index (χ2v) is 6.43. The second kappa shape index (κ2) is 4.41. The van der Waals surface area contributed by atoms with Crippen LogP contribution in [-0.4, -0.2) is 33.7 Å². The van der Waals surface area contributed by atoms with Crippen LogP contribution in [-0.2, 0) is 12.5 Å². The molecule has 0 aromatic carbocycles. The maximum atomic E-state index is 12.4. The Morgan fingerprint density at radius 1 is 1.44 bits per heavy atom. The van der Waals surface area contributed by atoms with E-state index < -0.39 is 0 Å². The molecule has 100 valence electrons. The standard InChI is InChI=1S/C14H23N3O/c1-10-6-7-17(9-10)13(18)11-8-12(14(2,3)4)15-16(11)5/h8,10H,6-7,9H2,1-5H3/t10-/m0/s1. The predicted molar refractivity (Wildman–Crippen MR) is 71.6 cm³/mol. The highest BCUT2D eigenvalue weighted by Gasteiger charge is 2.28. The van der Waals surface area contributed by atoms with Gasteiger partial charge in [-0.1, -0.05) is 27.7 Å². The first-order chi connectivity index (χ1) is 8.29. The molecule has 0 radical (unpaired) electrons. The summed E-state index contributed by atoms with van der Waals surface area (Å²) in [6, 6.07) is 1.94. The zero-order valence-corrected chi connectivity index (χ0v) is 12.0. The fourth-order valence-corrected chi connectivity index (χ4v) is 2.32.